The molecule has 3 N–H and O–H groups in total. The van der Waals surface area contributed by atoms with E-state index in [1.165, 1.54) is 38.7 Å². The van der Waals surface area contributed by atoms with E-state index < -0.39 is 63.5 Å². The van der Waals surface area contributed by atoms with Crippen molar-refractivity contribution >= 4 is 40.9 Å². The molecule has 1 unspecified atom stereocenters. The lowest BCUT2D eigenvalue weighted by Gasteiger charge is -2.63. The molecule has 2 saturated heterocycles. The molecule has 14 heteroatoms. The van der Waals surface area contributed by atoms with Crippen LogP contribution in [-0.4, -0.2) is 133 Å². The third-order valence-corrected chi connectivity index (χ3v) is 16.7. The second-order valence-electron chi connectivity index (χ2n) is 20.4. The summed E-state index contributed by atoms with van der Waals surface area (Å²) in [5.41, 5.74) is -1.90. The van der Waals surface area contributed by atoms with Gasteiger partial charge in [0.2, 0.25) is 12.0 Å². The predicted octanol–water partition coefficient (Wildman–Crippen LogP) is 5.11. The zero-order valence-corrected chi connectivity index (χ0v) is 39.2. The van der Waals surface area contributed by atoms with E-state index in [2.05, 4.69) is 46.8 Å². The summed E-state index contributed by atoms with van der Waals surface area (Å²) in [6.07, 6.45) is 7.80. The number of aromatic amines is 1. The predicted molar refractivity (Wildman–Crippen MR) is 244 cm³/mol. The van der Waals surface area contributed by atoms with Gasteiger partial charge in [-0.25, -0.2) is 4.79 Å². The van der Waals surface area contributed by atoms with E-state index in [4.69, 9.17) is 18.9 Å². The molecule has 350 valence electrons. The van der Waals surface area contributed by atoms with Gasteiger partial charge in [0.05, 0.1) is 38.7 Å². The molecule has 3 aromatic rings. The van der Waals surface area contributed by atoms with E-state index in [1.807, 2.05) is 32.1 Å². The van der Waals surface area contributed by atoms with E-state index in [9.17, 15) is 24.6 Å². The van der Waals surface area contributed by atoms with Crippen LogP contribution in [0.1, 0.15) is 101 Å². The average molecular weight is 895 g/mol. The monoisotopic (exact) mass is 894 g/mol. The molecule has 14 nitrogen and oxygen atoms in total. The van der Waals surface area contributed by atoms with Crippen molar-refractivity contribution in [1.82, 2.24) is 14.8 Å². The first-order chi connectivity index (χ1) is 31.0. The summed E-state index contributed by atoms with van der Waals surface area (Å²) in [5.74, 6) is -1.53. The number of anilines is 1. The molecule has 65 heavy (non-hydrogen) atoms. The molecular weight excluding hydrogens is 829 g/mol. The van der Waals surface area contributed by atoms with Crippen LogP contribution in [0.3, 0.4) is 0 Å². The van der Waals surface area contributed by atoms with E-state index in [0.29, 0.717) is 105 Å². The minimum Gasteiger partial charge on any atom is -0.496 e. The number of esters is 3. The van der Waals surface area contributed by atoms with Crippen LogP contribution < -0.4 is 9.64 Å². The first-order valence-corrected chi connectivity index (χ1v) is 23.6. The van der Waals surface area contributed by atoms with Crippen molar-refractivity contribution in [2.45, 2.75) is 126 Å². The molecule has 9 rings (SSSR count). The van der Waals surface area contributed by atoms with Crippen molar-refractivity contribution in [2.24, 2.45) is 17.3 Å². The summed E-state index contributed by atoms with van der Waals surface area (Å²) in [7, 11) is 4.13. The van der Waals surface area contributed by atoms with Gasteiger partial charge in [-0.05, 0) is 105 Å². The topological polar surface area (TPSA) is 171 Å². The minimum atomic E-state index is -2.54. The molecule has 2 aromatic carbocycles. The van der Waals surface area contributed by atoms with E-state index in [1.54, 1.807) is 6.07 Å². The van der Waals surface area contributed by atoms with Crippen molar-refractivity contribution in [3.05, 3.63) is 70.4 Å². The molecule has 5 aliphatic heterocycles. The number of methoxy groups -OCH3 is 3. The van der Waals surface area contributed by atoms with E-state index in [-0.39, 0.29) is 12.3 Å². The number of fused-ring (bicyclic) bond motifs is 6. The molecular formula is C51H66N4O10. The van der Waals surface area contributed by atoms with Gasteiger partial charge in [0.1, 0.15) is 11.2 Å². The number of ether oxygens (including phenoxy) is 4. The van der Waals surface area contributed by atoms with Crippen molar-refractivity contribution in [2.75, 3.05) is 59.0 Å². The maximum absolute atomic E-state index is 15.6. The number of carbonyl (C=O) groups is 4. The van der Waals surface area contributed by atoms with Gasteiger partial charge in [-0.15, -0.1) is 0 Å². The summed E-state index contributed by atoms with van der Waals surface area (Å²) in [6, 6.07) is 8.52. The Bertz CT molecular complexity index is 2450. The standard InChI is InChI=1S/C51H66N4O10/c1-9-47(60)25-33-26-50(45(58)63-7,41-34(16-20-53(27-33)28-47)35-22-32(13-12-30(3)4)14-15-38(35)52-41)37-23-36-39(24-40(37)62-6)55(29-56)43-49(36)18-21-54-19-11-17-48(10-2,42(49)54)44(65-31(5)57)51(43,61)46(59)64-8/h11,14-15,17,22-24,29-30,33,42-44,52,60-61H,9-10,12-13,16,18-21,25-28H2,1-8H3/t33-,42+,43-,44-,47+,48-,49-,50+,51+/m1/s1. The molecule has 0 radical (unpaired) electrons. The maximum atomic E-state index is 15.6. The highest BCUT2D eigenvalue weighted by Crippen LogP contribution is 2.68. The van der Waals surface area contributed by atoms with Gasteiger partial charge < -0.3 is 39.0 Å². The smallest absolute Gasteiger partial charge is 0.344 e. The second-order valence-corrected chi connectivity index (χ2v) is 20.4. The lowest BCUT2D eigenvalue weighted by molar-refractivity contribution is -0.228. The molecule has 2 bridgehead atoms. The number of benzene rings is 2. The summed E-state index contributed by atoms with van der Waals surface area (Å²) < 4.78 is 23.9. The molecule has 1 aromatic heterocycles. The Balaban J connectivity index is 1.37. The van der Waals surface area contributed by atoms with Gasteiger partial charge in [-0.1, -0.05) is 45.9 Å². The number of nitrogens with one attached hydrogen (secondary N) is 1. The fourth-order valence-electron chi connectivity index (χ4n) is 14.1. The van der Waals surface area contributed by atoms with Crippen molar-refractivity contribution in [3.63, 3.8) is 0 Å². The minimum absolute atomic E-state index is 0.163. The number of aryl methyl sites for hydroxylation is 1. The molecule has 3 fully saturated rings. The molecule has 1 saturated carbocycles. The highest BCUT2D eigenvalue weighted by atomic mass is 16.6. The van der Waals surface area contributed by atoms with Gasteiger partial charge in [0, 0.05) is 78.2 Å². The van der Waals surface area contributed by atoms with Crippen LogP contribution in [0.15, 0.2) is 42.5 Å². The summed E-state index contributed by atoms with van der Waals surface area (Å²) in [5, 5.41) is 26.5. The zero-order chi connectivity index (χ0) is 46.4. The highest BCUT2D eigenvalue weighted by molar-refractivity contribution is 5.96. The number of piperidine rings is 1. The summed E-state index contributed by atoms with van der Waals surface area (Å²) >= 11 is 0. The zero-order valence-electron chi connectivity index (χ0n) is 39.2. The van der Waals surface area contributed by atoms with Gasteiger partial charge in [0.15, 0.2) is 6.10 Å². The Hall–Kier alpha value is -4.76. The van der Waals surface area contributed by atoms with Gasteiger partial charge >= 0.3 is 17.9 Å². The van der Waals surface area contributed by atoms with E-state index >= 15 is 4.79 Å². The Kier molecular flexibility index (Phi) is 11.3. The number of aliphatic hydroxyl groups is 2. The van der Waals surface area contributed by atoms with Gasteiger partial charge in [-0.2, -0.15) is 0 Å². The van der Waals surface area contributed by atoms with Crippen LogP contribution in [0, 0.1) is 17.3 Å². The number of carbonyl (C=O) groups excluding carboxylic acids is 4. The number of amides is 1. The van der Waals surface area contributed by atoms with Crippen LogP contribution in [0.2, 0.25) is 0 Å². The molecule has 6 aliphatic rings. The second kappa shape index (κ2) is 16.2. The average Bonchev–Trinajstić information content (AvgIpc) is 3.97. The third-order valence-electron chi connectivity index (χ3n) is 16.7. The quantitative estimate of drug-likeness (QED) is 0.101. The summed E-state index contributed by atoms with van der Waals surface area (Å²) in [4.78, 5) is 66.8. The van der Waals surface area contributed by atoms with Gasteiger partial charge in [-0.3, -0.25) is 24.2 Å². The molecule has 1 amide bonds. The van der Waals surface area contributed by atoms with Crippen LogP contribution >= 0.6 is 0 Å². The largest absolute Gasteiger partial charge is 0.496 e. The fraction of sp³-hybridized carbons (Fsp3) is 0.608. The lowest BCUT2D eigenvalue weighted by Crippen LogP contribution is -2.81. The molecule has 1 spiro atoms. The third kappa shape index (κ3) is 6.39. The Morgan fingerprint density at radius 1 is 0.969 bits per heavy atom. The van der Waals surface area contributed by atoms with Crippen LogP contribution in [0.25, 0.3) is 10.9 Å². The van der Waals surface area contributed by atoms with Crippen molar-refractivity contribution < 1.29 is 48.3 Å². The number of nitrogens with zero attached hydrogens (tertiary/aromatic N) is 3. The summed E-state index contributed by atoms with van der Waals surface area (Å²) in [6.45, 7) is 12.6. The number of hydrogen-bond donors (Lipinski definition) is 3. The lowest BCUT2D eigenvalue weighted by atomic mass is 9.47. The number of rotatable bonds is 11. The van der Waals surface area contributed by atoms with Crippen molar-refractivity contribution in [1.29, 1.82) is 0 Å². The first kappa shape index (κ1) is 45.4. The first-order valence-electron chi connectivity index (χ1n) is 23.6. The molecule has 1 aliphatic carbocycles. The number of H-pyrrole nitrogens is 1. The van der Waals surface area contributed by atoms with Gasteiger partial charge in [0.25, 0.3) is 0 Å². The van der Waals surface area contributed by atoms with Crippen molar-refractivity contribution in [3.8, 4) is 5.75 Å². The Morgan fingerprint density at radius 2 is 1.74 bits per heavy atom. The normalized spacial score (nSPS) is 34.7. The molecule has 10 atom stereocenters. The number of hydrogen-bond acceptors (Lipinski definition) is 12. The maximum Gasteiger partial charge on any atom is 0.344 e. The highest BCUT2D eigenvalue weighted by Gasteiger charge is 2.81. The Morgan fingerprint density at radius 3 is 2.40 bits per heavy atom. The van der Waals surface area contributed by atoms with Crippen LogP contribution in [-0.2, 0) is 57.1 Å². The van der Waals surface area contributed by atoms with Crippen LogP contribution in [0.4, 0.5) is 5.69 Å². The number of aromatic nitrogens is 1. The van der Waals surface area contributed by atoms with Crippen LogP contribution in [0.5, 0.6) is 5.75 Å². The fourth-order valence-corrected chi connectivity index (χ4v) is 14.1. The molecule has 6 heterocycles. The Labute approximate surface area is 381 Å². The van der Waals surface area contributed by atoms with E-state index in [0.717, 1.165) is 29.3 Å². The SMILES string of the molecule is CC[C@]1(O)C[C@H]2CN(CCc3c([nH]c4ccc(CCC(C)C)cc34)[C@@](C(=O)OC)(c3cc4c(cc3OC)N(C=O)[C@H]3[C@@](O)(C(=O)OC)[C@H](OC(C)=O)[C@]5(CC)C=CCN6CC[C@]43[C@@H]65)C2)C1.